The average Bonchev–Trinajstić information content (AvgIpc) is 3.00. The molecule has 0 spiro atoms. The van der Waals surface area contributed by atoms with Crippen LogP contribution in [-0.4, -0.2) is 19.9 Å². The Labute approximate surface area is 126 Å². The van der Waals surface area contributed by atoms with Gasteiger partial charge in [-0.05, 0) is 22.4 Å². The van der Waals surface area contributed by atoms with Crippen LogP contribution in [0.25, 0.3) is 21.9 Å². The number of fused-ring (bicyclic) bond motifs is 2. The van der Waals surface area contributed by atoms with E-state index in [4.69, 9.17) is 5.73 Å². The highest BCUT2D eigenvalue weighted by atomic mass is 15.1. The quantitative estimate of drug-likeness (QED) is 0.539. The van der Waals surface area contributed by atoms with Crippen molar-refractivity contribution in [2.45, 2.75) is 6.54 Å². The highest BCUT2D eigenvalue weighted by molar-refractivity contribution is 5.84. The number of benzene rings is 2. The van der Waals surface area contributed by atoms with Crippen LogP contribution in [0.1, 0.15) is 5.56 Å². The minimum atomic E-state index is 0.209. The van der Waals surface area contributed by atoms with Crippen LogP contribution in [0.3, 0.4) is 0 Å². The number of anilines is 2. The van der Waals surface area contributed by atoms with E-state index < -0.39 is 0 Å². The fourth-order valence-corrected chi connectivity index (χ4v) is 2.51. The summed E-state index contributed by atoms with van der Waals surface area (Å²) in [6, 6.07) is 14.7. The van der Waals surface area contributed by atoms with Crippen molar-refractivity contribution >= 4 is 33.7 Å². The SMILES string of the molecule is Nc1nc(NCc2ccc3ccccc3c2)c2[nH]cnc2n1. The van der Waals surface area contributed by atoms with Gasteiger partial charge in [0.05, 0.1) is 6.33 Å². The van der Waals surface area contributed by atoms with Crippen LogP contribution in [0, 0.1) is 0 Å². The number of aromatic amines is 1. The Bertz CT molecular complexity index is 959. The number of aromatic nitrogens is 4. The first kappa shape index (κ1) is 12.6. The monoisotopic (exact) mass is 290 g/mol. The van der Waals surface area contributed by atoms with Gasteiger partial charge in [0.2, 0.25) is 5.95 Å². The van der Waals surface area contributed by atoms with E-state index in [-0.39, 0.29) is 5.95 Å². The standard InChI is InChI=1S/C16H14N6/c17-16-21-14(13-15(22-16)20-9-19-13)18-8-10-5-6-11-3-1-2-4-12(11)7-10/h1-7,9H,8H2,(H4,17,18,19,20,21,22). The molecule has 22 heavy (non-hydrogen) atoms. The largest absolute Gasteiger partial charge is 0.368 e. The van der Waals surface area contributed by atoms with E-state index in [9.17, 15) is 0 Å². The van der Waals surface area contributed by atoms with Gasteiger partial charge in [-0.25, -0.2) is 4.98 Å². The van der Waals surface area contributed by atoms with Crippen LogP contribution in [-0.2, 0) is 6.54 Å². The predicted molar refractivity (Wildman–Crippen MR) is 87.4 cm³/mol. The molecule has 0 aliphatic heterocycles. The van der Waals surface area contributed by atoms with E-state index >= 15 is 0 Å². The second-order valence-electron chi connectivity index (χ2n) is 5.07. The van der Waals surface area contributed by atoms with Crippen LogP contribution < -0.4 is 11.1 Å². The molecule has 0 radical (unpaired) electrons. The van der Waals surface area contributed by atoms with Gasteiger partial charge in [0.1, 0.15) is 5.52 Å². The number of hydrogen-bond acceptors (Lipinski definition) is 5. The van der Waals surface area contributed by atoms with E-state index in [2.05, 4.69) is 55.6 Å². The number of hydrogen-bond donors (Lipinski definition) is 3. The third kappa shape index (κ3) is 2.20. The second kappa shape index (κ2) is 5.00. The lowest BCUT2D eigenvalue weighted by Crippen LogP contribution is -2.05. The van der Waals surface area contributed by atoms with Gasteiger partial charge in [0, 0.05) is 6.54 Å². The molecule has 0 aliphatic carbocycles. The van der Waals surface area contributed by atoms with Crippen LogP contribution >= 0.6 is 0 Å². The molecule has 108 valence electrons. The number of nitrogen functional groups attached to an aromatic ring is 1. The van der Waals surface area contributed by atoms with E-state index in [1.54, 1.807) is 6.33 Å². The lowest BCUT2D eigenvalue weighted by atomic mass is 10.1. The molecule has 0 unspecified atom stereocenters. The number of imidazole rings is 1. The van der Waals surface area contributed by atoms with Crippen molar-refractivity contribution in [3.8, 4) is 0 Å². The third-order valence-electron chi connectivity index (χ3n) is 3.58. The second-order valence-corrected chi connectivity index (χ2v) is 5.07. The summed E-state index contributed by atoms with van der Waals surface area (Å²) >= 11 is 0. The number of nitrogens with zero attached hydrogens (tertiary/aromatic N) is 3. The zero-order valence-corrected chi connectivity index (χ0v) is 11.7. The number of nitrogens with two attached hydrogens (primary N) is 1. The molecule has 0 bridgehead atoms. The van der Waals surface area contributed by atoms with Crippen molar-refractivity contribution in [3.63, 3.8) is 0 Å². The fourth-order valence-electron chi connectivity index (χ4n) is 2.51. The molecule has 6 nitrogen and oxygen atoms in total. The minimum absolute atomic E-state index is 0.209. The minimum Gasteiger partial charge on any atom is -0.368 e. The van der Waals surface area contributed by atoms with E-state index in [1.807, 2.05) is 12.1 Å². The highest BCUT2D eigenvalue weighted by Crippen LogP contribution is 2.20. The number of rotatable bonds is 3. The lowest BCUT2D eigenvalue weighted by Gasteiger charge is -2.08. The molecule has 4 aromatic rings. The van der Waals surface area contributed by atoms with Crippen LogP contribution in [0.4, 0.5) is 11.8 Å². The lowest BCUT2D eigenvalue weighted by molar-refractivity contribution is 1.11. The average molecular weight is 290 g/mol. The van der Waals surface area contributed by atoms with Crippen molar-refractivity contribution in [3.05, 3.63) is 54.4 Å². The zero-order valence-electron chi connectivity index (χ0n) is 11.7. The van der Waals surface area contributed by atoms with Gasteiger partial charge in [-0.15, -0.1) is 0 Å². The Hall–Kier alpha value is -3.15. The van der Waals surface area contributed by atoms with Gasteiger partial charge in [0.25, 0.3) is 0 Å². The molecule has 0 amide bonds. The van der Waals surface area contributed by atoms with Crippen molar-refractivity contribution < 1.29 is 0 Å². The fraction of sp³-hybridized carbons (Fsp3) is 0.0625. The molecule has 0 fully saturated rings. The summed E-state index contributed by atoms with van der Waals surface area (Å²) in [6.07, 6.45) is 1.58. The van der Waals surface area contributed by atoms with Crippen molar-refractivity contribution in [1.29, 1.82) is 0 Å². The first-order valence-corrected chi connectivity index (χ1v) is 6.98. The molecule has 2 heterocycles. The van der Waals surface area contributed by atoms with Gasteiger partial charge in [-0.3, -0.25) is 0 Å². The molecule has 0 saturated heterocycles. The van der Waals surface area contributed by atoms with E-state index in [0.29, 0.717) is 18.0 Å². The van der Waals surface area contributed by atoms with Gasteiger partial charge in [-0.2, -0.15) is 9.97 Å². The maximum absolute atomic E-state index is 5.71. The van der Waals surface area contributed by atoms with Crippen molar-refractivity contribution in [1.82, 2.24) is 19.9 Å². The molecule has 4 rings (SSSR count). The zero-order chi connectivity index (χ0) is 14.9. The summed E-state index contributed by atoms with van der Waals surface area (Å²) in [5.41, 5.74) is 8.20. The molecular formula is C16H14N6. The number of H-pyrrole nitrogens is 1. The Morgan fingerprint density at radius 3 is 2.82 bits per heavy atom. The molecule has 4 N–H and O–H groups in total. The van der Waals surface area contributed by atoms with Crippen LogP contribution in [0.2, 0.25) is 0 Å². The Morgan fingerprint density at radius 1 is 1.05 bits per heavy atom. The molecule has 0 atom stereocenters. The van der Waals surface area contributed by atoms with Gasteiger partial charge < -0.3 is 16.0 Å². The molecular weight excluding hydrogens is 276 g/mol. The summed E-state index contributed by atoms with van der Waals surface area (Å²) in [6.45, 7) is 0.648. The third-order valence-corrected chi connectivity index (χ3v) is 3.58. The Balaban J connectivity index is 1.63. The van der Waals surface area contributed by atoms with Crippen LogP contribution in [0.15, 0.2) is 48.8 Å². The summed E-state index contributed by atoms with van der Waals surface area (Å²) in [5, 5.41) is 5.74. The first-order valence-electron chi connectivity index (χ1n) is 6.98. The van der Waals surface area contributed by atoms with Gasteiger partial charge in [-0.1, -0.05) is 36.4 Å². The van der Waals surface area contributed by atoms with Crippen molar-refractivity contribution in [2.75, 3.05) is 11.1 Å². The summed E-state index contributed by atoms with van der Waals surface area (Å²) < 4.78 is 0. The summed E-state index contributed by atoms with van der Waals surface area (Å²) in [5.74, 6) is 0.869. The topological polar surface area (TPSA) is 92.5 Å². The first-order chi connectivity index (χ1) is 10.8. The molecule has 2 aromatic carbocycles. The predicted octanol–water partition coefficient (Wildman–Crippen LogP) is 2.70. The molecule has 0 saturated carbocycles. The Kier molecular flexibility index (Phi) is 2.86. The van der Waals surface area contributed by atoms with Crippen molar-refractivity contribution in [2.24, 2.45) is 0 Å². The smallest absolute Gasteiger partial charge is 0.224 e. The van der Waals surface area contributed by atoms with E-state index in [1.165, 1.54) is 16.3 Å². The summed E-state index contributed by atoms with van der Waals surface area (Å²) in [4.78, 5) is 15.4. The van der Waals surface area contributed by atoms with E-state index in [0.717, 1.165) is 5.52 Å². The molecule has 2 aromatic heterocycles. The number of nitrogens with one attached hydrogen (secondary N) is 2. The maximum Gasteiger partial charge on any atom is 0.224 e. The maximum atomic E-state index is 5.71. The van der Waals surface area contributed by atoms with Crippen LogP contribution in [0.5, 0.6) is 0 Å². The van der Waals surface area contributed by atoms with Gasteiger partial charge in [0.15, 0.2) is 11.5 Å². The normalized spacial score (nSPS) is 11.1. The summed E-state index contributed by atoms with van der Waals surface area (Å²) in [7, 11) is 0. The molecule has 0 aliphatic rings. The van der Waals surface area contributed by atoms with Gasteiger partial charge >= 0.3 is 0 Å². The molecule has 6 heteroatoms. The highest BCUT2D eigenvalue weighted by Gasteiger charge is 2.08. The Morgan fingerprint density at radius 2 is 1.91 bits per heavy atom.